The molecular formula is C5H7N2O. The standard InChI is InChI=1S/C5H7N2O/c6-4-2-1-3-5(7)8/h3H,1-2H2,(H2,7,8). The van der Waals surface area contributed by atoms with Crippen molar-refractivity contribution in [3.8, 4) is 6.07 Å². The molecule has 1 amide bonds. The van der Waals surface area contributed by atoms with Gasteiger partial charge in [-0.3, -0.25) is 4.79 Å². The number of hydrogen-bond acceptors (Lipinski definition) is 2. The molecule has 0 aromatic carbocycles. The SMILES string of the molecule is N#CCC[CH]C(N)=O. The summed E-state index contributed by atoms with van der Waals surface area (Å²) < 4.78 is 0. The van der Waals surface area contributed by atoms with Gasteiger partial charge in [-0.15, -0.1) is 0 Å². The average molecular weight is 111 g/mol. The first-order valence-electron chi connectivity index (χ1n) is 2.27. The van der Waals surface area contributed by atoms with Crippen molar-refractivity contribution < 1.29 is 4.79 Å². The smallest absolute Gasteiger partial charge is 0.221 e. The normalized spacial score (nSPS) is 7.88. The summed E-state index contributed by atoms with van der Waals surface area (Å²) in [4.78, 5) is 9.93. The first-order chi connectivity index (χ1) is 3.77. The van der Waals surface area contributed by atoms with E-state index in [1.165, 1.54) is 6.42 Å². The van der Waals surface area contributed by atoms with E-state index in [4.69, 9.17) is 11.0 Å². The molecule has 0 rings (SSSR count). The van der Waals surface area contributed by atoms with Gasteiger partial charge in [-0.1, -0.05) is 0 Å². The zero-order chi connectivity index (χ0) is 6.41. The Labute approximate surface area is 48.1 Å². The lowest BCUT2D eigenvalue weighted by Gasteiger charge is -1.84. The lowest BCUT2D eigenvalue weighted by Crippen LogP contribution is -2.10. The largest absolute Gasteiger partial charge is 0.369 e. The lowest BCUT2D eigenvalue weighted by molar-refractivity contribution is -0.115. The van der Waals surface area contributed by atoms with Crippen LogP contribution in [0, 0.1) is 17.8 Å². The molecule has 0 fully saturated rings. The van der Waals surface area contributed by atoms with E-state index in [1.807, 2.05) is 6.07 Å². The molecule has 0 bridgehead atoms. The fourth-order valence-corrected chi connectivity index (χ4v) is 0.279. The van der Waals surface area contributed by atoms with Crippen LogP contribution in [-0.2, 0) is 4.79 Å². The van der Waals surface area contributed by atoms with E-state index in [2.05, 4.69) is 0 Å². The van der Waals surface area contributed by atoms with E-state index in [-0.39, 0.29) is 0 Å². The molecule has 0 unspecified atom stereocenters. The number of unbranched alkanes of at least 4 members (excludes halogenated alkanes) is 1. The van der Waals surface area contributed by atoms with Crippen molar-refractivity contribution in [2.45, 2.75) is 12.8 Å². The second-order valence-corrected chi connectivity index (χ2v) is 1.30. The third-order valence-corrected chi connectivity index (χ3v) is 0.602. The van der Waals surface area contributed by atoms with Gasteiger partial charge in [-0.25, -0.2) is 0 Å². The van der Waals surface area contributed by atoms with Crippen LogP contribution in [0.4, 0.5) is 0 Å². The number of amides is 1. The summed E-state index contributed by atoms with van der Waals surface area (Å²) in [5, 5.41) is 7.96. The molecule has 0 aromatic heterocycles. The summed E-state index contributed by atoms with van der Waals surface area (Å²) in [7, 11) is 0. The molecule has 0 saturated carbocycles. The molecule has 0 saturated heterocycles. The highest BCUT2D eigenvalue weighted by atomic mass is 16.1. The molecule has 0 spiro atoms. The molecule has 0 aliphatic heterocycles. The summed E-state index contributed by atoms with van der Waals surface area (Å²) in [5.41, 5.74) is 4.73. The lowest BCUT2D eigenvalue weighted by atomic mass is 10.2. The van der Waals surface area contributed by atoms with Gasteiger partial charge in [0.15, 0.2) is 0 Å². The van der Waals surface area contributed by atoms with Crippen molar-refractivity contribution >= 4 is 5.91 Å². The number of carbonyl (C=O) groups excluding carboxylic acids is 1. The predicted octanol–water partition coefficient (Wildman–Crippen LogP) is -0.0202. The number of primary amides is 1. The number of nitriles is 1. The molecule has 0 heterocycles. The van der Waals surface area contributed by atoms with Crippen molar-refractivity contribution in [1.29, 1.82) is 5.26 Å². The Morgan fingerprint density at radius 2 is 2.50 bits per heavy atom. The molecule has 43 valence electrons. The van der Waals surface area contributed by atoms with Crippen LogP contribution >= 0.6 is 0 Å². The topological polar surface area (TPSA) is 66.9 Å². The van der Waals surface area contributed by atoms with Gasteiger partial charge in [0.25, 0.3) is 0 Å². The van der Waals surface area contributed by atoms with Gasteiger partial charge in [-0.05, 0) is 6.42 Å². The van der Waals surface area contributed by atoms with E-state index in [1.54, 1.807) is 0 Å². The monoisotopic (exact) mass is 111 g/mol. The number of hydrogen-bond donors (Lipinski definition) is 1. The predicted molar refractivity (Wildman–Crippen MR) is 28.3 cm³/mol. The highest BCUT2D eigenvalue weighted by Crippen LogP contribution is 1.88. The van der Waals surface area contributed by atoms with E-state index in [0.29, 0.717) is 12.8 Å². The molecule has 8 heavy (non-hydrogen) atoms. The van der Waals surface area contributed by atoms with Gasteiger partial charge in [0, 0.05) is 6.42 Å². The maximum atomic E-state index is 9.93. The van der Waals surface area contributed by atoms with E-state index in [9.17, 15) is 4.79 Å². The molecule has 1 radical (unpaired) electrons. The highest BCUT2D eigenvalue weighted by Gasteiger charge is 1.91. The Hall–Kier alpha value is -1.04. The minimum Gasteiger partial charge on any atom is -0.369 e. The molecule has 0 aromatic rings. The molecule has 0 aliphatic carbocycles. The molecule has 2 N–H and O–H groups in total. The Morgan fingerprint density at radius 3 is 2.88 bits per heavy atom. The van der Waals surface area contributed by atoms with Crippen LogP contribution in [0.1, 0.15) is 12.8 Å². The summed E-state index contributed by atoms with van der Waals surface area (Å²) in [6, 6.07) is 1.88. The minimum absolute atomic E-state index is 0.364. The quantitative estimate of drug-likeness (QED) is 0.520. The third-order valence-electron chi connectivity index (χ3n) is 0.602. The van der Waals surface area contributed by atoms with Gasteiger partial charge in [0.1, 0.15) is 0 Å². The Kier molecular flexibility index (Phi) is 3.59. The van der Waals surface area contributed by atoms with Crippen molar-refractivity contribution in [2.24, 2.45) is 5.73 Å². The van der Waals surface area contributed by atoms with Gasteiger partial charge < -0.3 is 5.73 Å². The first kappa shape index (κ1) is 6.96. The van der Waals surface area contributed by atoms with Crippen molar-refractivity contribution in [1.82, 2.24) is 0 Å². The summed E-state index contributed by atoms with van der Waals surface area (Å²) in [6.45, 7) is 0. The number of nitrogens with zero attached hydrogens (tertiary/aromatic N) is 1. The third kappa shape index (κ3) is 4.96. The maximum absolute atomic E-state index is 9.93. The van der Waals surface area contributed by atoms with Crippen LogP contribution in [-0.4, -0.2) is 5.91 Å². The maximum Gasteiger partial charge on any atom is 0.221 e. The van der Waals surface area contributed by atoms with Crippen LogP contribution < -0.4 is 5.73 Å². The fraction of sp³-hybridized carbons (Fsp3) is 0.400. The zero-order valence-corrected chi connectivity index (χ0v) is 4.42. The number of nitrogens with two attached hydrogens (primary N) is 1. The molecule has 0 aliphatic rings. The second kappa shape index (κ2) is 4.13. The molecular weight excluding hydrogens is 104 g/mol. The first-order valence-corrected chi connectivity index (χ1v) is 2.27. The van der Waals surface area contributed by atoms with Crippen LogP contribution in [0.3, 0.4) is 0 Å². The van der Waals surface area contributed by atoms with E-state index < -0.39 is 5.91 Å². The summed E-state index contributed by atoms with van der Waals surface area (Å²) in [6.07, 6.45) is 2.12. The molecule has 3 nitrogen and oxygen atoms in total. The summed E-state index contributed by atoms with van der Waals surface area (Å²) in [5.74, 6) is -0.458. The van der Waals surface area contributed by atoms with Crippen LogP contribution in [0.15, 0.2) is 0 Å². The fourth-order valence-electron chi connectivity index (χ4n) is 0.279. The van der Waals surface area contributed by atoms with E-state index in [0.717, 1.165) is 0 Å². The van der Waals surface area contributed by atoms with Gasteiger partial charge in [0.05, 0.1) is 12.5 Å². The molecule has 0 atom stereocenters. The Balaban J connectivity index is 2.97. The van der Waals surface area contributed by atoms with Gasteiger partial charge in [0.2, 0.25) is 5.91 Å². The molecule has 3 heteroatoms. The van der Waals surface area contributed by atoms with Crippen LogP contribution in [0.2, 0.25) is 0 Å². The highest BCUT2D eigenvalue weighted by molar-refractivity contribution is 5.82. The Bertz CT molecular complexity index is 114. The van der Waals surface area contributed by atoms with Gasteiger partial charge >= 0.3 is 0 Å². The number of carbonyl (C=O) groups is 1. The zero-order valence-electron chi connectivity index (χ0n) is 4.42. The van der Waals surface area contributed by atoms with Crippen molar-refractivity contribution in [3.05, 3.63) is 6.42 Å². The summed E-state index contributed by atoms with van der Waals surface area (Å²) >= 11 is 0. The van der Waals surface area contributed by atoms with Gasteiger partial charge in [-0.2, -0.15) is 5.26 Å². The average Bonchev–Trinajstić information content (AvgIpc) is 1.66. The van der Waals surface area contributed by atoms with Crippen LogP contribution in [0.25, 0.3) is 0 Å². The van der Waals surface area contributed by atoms with Crippen LogP contribution in [0.5, 0.6) is 0 Å². The van der Waals surface area contributed by atoms with Crippen molar-refractivity contribution in [2.75, 3.05) is 0 Å². The van der Waals surface area contributed by atoms with E-state index >= 15 is 0 Å². The second-order valence-electron chi connectivity index (χ2n) is 1.30. The number of rotatable bonds is 3. The Morgan fingerprint density at radius 1 is 1.88 bits per heavy atom. The minimum atomic E-state index is -0.458. The van der Waals surface area contributed by atoms with Crippen molar-refractivity contribution in [3.63, 3.8) is 0 Å².